The van der Waals surface area contributed by atoms with Crippen LogP contribution >= 0.6 is 11.8 Å². The third kappa shape index (κ3) is 9.24. The fourth-order valence-electron chi connectivity index (χ4n) is 6.04. The van der Waals surface area contributed by atoms with Crippen molar-refractivity contribution in [3.8, 4) is 0 Å². The van der Waals surface area contributed by atoms with Crippen LogP contribution in [0.4, 0.5) is 0 Å². The molecular formula is C32H45N7O7S. The van der Waals surface area contributed by atoms with E-state index >= 15 is 0 Å². The van der Waals surface area contributed by atoms with Gasteiger partial charge in [-0.3, -0.25) is 33.6 Å². The van der Waals surface area contributed by atoms with Crippen molar-refractivity contribution < 1.29 is 33.6 Å². The Morgan fingerprint density at radius 1 is 0.936 bits per heavy atom. The molecule has 7 amide bonds. The van der Waals surface area contributed by atoms with Gasteiger partial charge in [-0.05, 0) is 49.7 Å². The molecule has 3 aliphatic heterocycles. The summed E-state index contributed by atoms with van der Waals surface area (Å²) in [5, 5.41) is 16.7. The Bertz CT molecular complexity index is 1360. The van der Waals surface area contributed by atoms with Gasteiger partial charge in [-0.25, -0.2) is 0 Å². The van der Waals surface area contributed by atoms with Crippen molar-refractivity contribution in [2.75, 3.05) is 18.6 Å². The molecule has 3 heterocycles. The number of benzene rings is 1. The van der Waals surface area contributed by atoms with Crippen molar-refractivity contribution >= 4 is 53.1 Å². The monoisotopic (exact) mass is 671 g/mol. The Morgan fingerprint density at radius 2 is 1.66 bits per heavy atom. The molecule has 3 aliphatic rings. The first-order valence-electron chi connectivity index (χ1n) is 16.0. The van der Waals surface area contributed by atoms with Gasteiger partial charge in [0.05, 0.1) is 12.5 Å². The van der Waals surface area contributed by atoms with Crippen molar-refractivity contribution in [2.24, 2.45) is 5.92 Å². The predicted octanol–water partition coefficient (Wildman–Crippen LogP) is -0.505. The second kappa shape index (κ2) is 16.1. The highest BCUT2D eigenvalue weighted by atomic mass is 32.2. The zero-order valence-corrected chi connectivity index (χ0v) is 28.0. The Balaban J connectivity index is 1.65. The van der Waals surface area contributed by atoms with Crippen LogP contribution in [0.15, 0.2) is 30.3 Å². The maximum Gasteiger partial charge on any atom is 0.246 e. The molecular weight excluding hydrogens is 626 g/mol. The van der Waals surface area contributed by atoms with Crippen LogP contribution in [0.2, 0.25) is 0 Å². The second-order valence-electron chi connectivity index (χ2n) is 12.6. The standard InChI is InChI=1S/C32H45N7O7S/c1-17(2)27-32(46)39-16-20(34-29(43)21-10-11-25(40)35-21)14-24(39)31(45)33-18(3)28(42)37-23(19-8-6-5-7-9-19)15-26(41)36-22(12-13-47-4)30(44)38-27/h5-9,17-18,20-24,27H,10-16H2,1-4H3,(H,33,45)(H,34,43)(H,35,40)(H,36,41)(H,37,42)(H,38,44)/t18-,20-,21+,22-,23-,24-,27-/m0/s1. The number of rotatable bonds is 7. The van der Waals surface area contributed by atoms with E-state index in [-0.39, 0.29) is 37.6 Å². The molecule has 7 atom stereocenters. The molecule has 1 aromatic rings. The van der Waals surface area contributed by atoms with E-state index in [4.69, 9.17) is 0 Å². The van der Waals surface area contributed by atoms with E-state index in [9.17, 15) is 33.6 Å². The zero-order chi connectivity index (χ0) is 34.2. The number of carbonyl (C=O) groups is 7. The fourth-order valence-corrected chi connectivity index (χ4v) is 6.52. The van der Waals surface area contributed by atoms with Gasteiger partial charge in [0, 0.05) is 19.0 Å². The number of fused-ring (bicyclic) bond motifs is 1. The van der Waals surface area contributed by atoms with Crippen LogP contribution in [0.25, 0.3) is 0 Å². The molecule has 3 fully saturated rings. The van der Waals surface area contributed by atoms with Crippen LogP contribution in [0, 0.1) is 5.92 Å². The maximum atomic E-state index is 14.1. The molecule has 4 rings (SSSR count). The SMILES string of the molecule is CSCC[C@@H]1NC(=O)C[C@@H](c2ccccc2)NC(=O)[C@H](C)NC(=O)[C@@H]2C[C@H](NC(=O)[C@H]3CCC(=O)N3)CN2C(=O)[C@H](C(C)C)NC1=O. The molecule has 6 N–H and O–H groups in total. The average Bonchev–Trinajstić information content (AvgIpc) is 3.67. The summed E-state index contributed by atoms with van der Waals surface area (Å²) in [5.41, 5.74) is 0.672. The lowest BCUT2D eigenvalue weighted by Gasteiger charge is -2.32. The van der Waals surface area contributed by atoms with E-state index in [0.717, 1.165) is 0 Å². The number of amides is 7. The summed E-state index contributed by atoms with van der Waals surface area (Å²) in [6, 6.07) is 2.79. The van der Waals surface area contributed by atoms with Crippen molar-refractivity contribution in [1.82, 2.24) is 36.8 Å². The molecule has 47 heavy (non-hydrogen) atoms. The highest BCUT2D eigenvalue weighted by molar-refractivity contribution is 7.98. The molecule has 15 heteroatoms. The molecule has 0 unspecified atom stereocenters. The summed E-state index contributed by atoms with van der Waals surface area (Å²) in [7, 11) is 0. The minimum Gasteiger partial charge on any atom is -0.350 e. The molecule has 0 radical (unpaired) electrons. The topological polar surface area (TPSA) is 195 Å². The van der Waals surface area contributed by atoms with Gasteiger partial charge in [0.2, 0.25) is 41.4 Å². The van der Waals surface area contributed by atoms with E-state index < -0.39 is 77.7 Å². The number of hydrogen-bond donors (Lipinski definition) is 6. The number of hydrogen-bond acceptors (Lipinski definition) is 8. The van der Waals surface area contributed by atoms with Crippen LogP contribution < -0.4 is 31.9 Å². The van der Waals surface area contributed by atoms with Crippen LogP contribution in [0.3, 0.4) is 0 Å². The summed E-state index contributed by atoms with van der Waals surface area (Å²) >= 11 is 1.51. The van der Waals surface area contributed by atoms with E-state index in [1.54, 1.807) is 38.1 Å². The number of nitrogens with one attached hydrogen (secondary N) is 6. The lowest BCUT2D eigenvalue weighted by molar-refractivity contribution is -0.143. The van der Waals surface area contributed by atoms with Crippen LogP contribution in [0.1, 0.15) is 64.5 Å². The van der Waals surface area contributed by atoms with E-state index in [1.807, 2.05) is 12.3 Å². The second-order valence-corrected chi connectivity index (χ2v) is 13.6. The average molecular weight is 672 g/mol. The molecule has 3 saturated heterocycles. The van der Waals surface area contributed by atoms with Gasteiger partial charge >= 0.3 is 0 Å². The summed E-state index contributed by atoms with van der Waals surface area (Å²) in [4.78, 5) is 94.1. The first-order chi connectivity index (χ1) is 22.4. The van der Waals surface area contributed by atoms with Gasteiger partial charge in [0.15, 0.2) is 0 Å². The third-order valence-corrected chi connectivity index (χ3v) is 9.34. The first-order valence-corrected chi connectivity index (χ1v) is 17.4. The molecule has 1 aromatic carbocycles. The Morgan fingerprint density at radius 3 is 2.30 bits per heavy atom. The summed E-state index contributed by atoms with van der Waals surface area (Å²) in [6.45, 7) is 5.02. The Hall–Kier alpha value is -4.14. The Kier molecular flexibility index (Phi) is 12.2. The lowest BCUT2D eigenvalue weighted by atomic mass is 10.0. The van der Waals surface area contributed by atoms with Crippen LogP contribution in [0.5, 0.6) is 0 Å². The third-order valence-electron chi connectivity index (χ3n) is 8.70. The Labute approximate surface area is 278 Å². The highest BCUT2D eigenvalue weighted by Crippen LogP contribution is 2.23. The summed E-state index contributed by atoms with van der Waals surface area (Å²) < 4.78 is 0. The van der Waals surface area contributed by atoms with Gasteiger partial charge in [-0.2, -0.15) is 11.8 Å². The maximum absolute atomic E-state index is 14.1. The predicted molar refractivity (Wildman–Crippen MR) is 174 cm³/mol. The van der Waals surface area contributed by atoms with Crippen molar-refractivity contribution in [1.29, 1.82) is 0 Å². The van der Waals surface area contributed by atoms with Gasteiger partial charge in [-0.15, -0.1) is 0 Å². The minimum atomic E-state index is -1.05. The van der Waals surface area contributed by atoms with E-state index in [0.29, 0.717) is 24.2 Å². The largest absolute Gasteiger partial charge is 0.350 e. The van der Waals surface area contributed by atoms with Crippen LogP contribution in [-0.4, -0.2) is 101 Å². The molecule has 0 bridgehead atoms. The summed E-state index contributed by atoms with van der Waals surface area (Å²) in [5.74, 6) is -3.13. The fraction of sp³-hybridized carbons (Fsp3) is 0.594. The molecule has 0 aliphatic carbocycles. The summed E-state index contributed by atoms with van der Waals surface area (Å²) in [6.07, 6.45) is 2.67. The van der Waals surface area contributed by atoms with Crippen molar-refractivity contribution in [3.63, 3.8) is 0 Å². The number of nitrogens with zero attached hydrogens (tertiary/aromatic N) is 1. The normalized spacial score (nSPS) is 29.4. The van der Waals surface area contributed by atoms with Crippen molar-refractivity contribution in [3.05, 3.63) is 35.9 Å². The molecule has 0 aromatic heterocycles. The van der Waals surface area contributed by atoms with Crippen molar-refractivity contribution in [2.45, 2.75) is 95.2 Å². The first kappa shape index (κ1) is 35.7. The van der Waals surface area contributed by atoms with E-state index in [1.165, 1.54) is 23.6 Å². The van der Waals surface area contributed by atoms with Gasteiger partial charge < -0.3 is 36.8 Å². The zero-order valence-electron chi connectivity index (χ0n) is 27.2. The number of carbonyl (C=O) groups excluding carboxylic acids is 7. The lowest BCUT2D eigenvalue weighted by Crippen LogP contribution is -2.59. The molecule has 14 nitrogen and oxygen atoms in total. The molecule has 256 valence electrons. The van der Waals surface area contributed by atoms with Gasteiger partial charge in [0.1, 0.15) is 30.2 Å². The quantitative estimate of drug-likeness (QED) is 0.223. The van der Waals surface area contributed by atoms with Gasteiger partial charge in [-0.1, -0.05) is 44.2 Å². The molecule has 0 saturated carbocycles. The van der Waals surface area contributed by atoms with Crippen LogP contribution in [-0.2, 0) is 33.6 Å². The van der Waals surface area contributed by atoms with E-state index in [2.05, 4.69) is 31.9 Å². The highest BCUT2D eigenvalue weighted by Gasteiger charge is 2.45. The smallest absolute Gasteiger partial charge is 0.246 e. The molecule has 0 spiro atoms. The number of thioether (sulfide) groups is 1. The minimum absolute atomic E-state index is 0.0221. The van der Waals surface area contributed by atoms with Gasteiger partial charge in [0.25, 0.3) is 0 Å².